The van der Waals surface area contributed by atoms with E-state index in [-0.39, 0.29) is 0 Å². The van der Waals surface area contributed by atoms with Gasteiger partial charge < -0.3 is 11.1 Å². The molecule has 1 unspecified atom stereocenters. The Labute approximate surface area is 111 Å². The van der Waals surface area contributed by atoms with Crippen molar-refractivity contribution in [3.63, 3.8) is 0 Å². The van der Waals surface area contributed by atoms with E-state index in [0.29, 0.717) is 5.92 Å². The summed E-state index contributed by atoms with van der Waals surface area (Å²) < 4.78 is 0. The third-order valence-corrected chi connectivity index (χ3v) is 3.91. The molecule has 0 aliphatic heterocycles. The van der Waals surface area contributed by atoms with Gasteiger partial charge in [0.2, 0.25) is 0 Å². The van der Waals surface area contributed by atoms with E-state index in [1.807, 2.05) is 0 Å². The zero-order valence-electron chi connectivity index (χ0n) is 11.5. The summed E-state index contributed by atoms with van der Waals surface area (Å²) in [5, 5.41) is 3.53. The fourth-order valence-corrected chi connectivity index (χ4v) is 2.75. The van der Waals surface area contributed by atoms with Gasteiger partial charge in [0.25, 0.3) is 0 Å². The third kappa shape index (κ3) is 3.82. The zero-order chi connectivity index (χ0) is 12.8. The van der Waals surface area contributed by atoms with Crippen LogP contribution in [0.2, 0.25) is 0 Å². The SMILES string of the molecule is CC(CCN)CNCCc1ccc2c(c1)CCC2. The van der Waals surface area contributed by atoms with E-state index in [9.17, 15) is 0 Å². The van der Waals surface area contributed by atoms with E-state index in [0.717, 1.165) is 32.5 Å². The highest BCUT2D eigenvalue weighted by Crippen LogP contribution is 2.22. The van der Waals surface area contributed by atoms with Crippen LogP contribution in [0.15, 0.2) is 18.2 Å². The first-order valence-electron chi connectivity index (χ1n) is 7.31. The molecule has 3 N–H and O–H groups in total. The normalized spacial score (nSPS) is 15.7. The molecular formula is C16H26N2. The quantitative estimate of drug-likeness (QED) is 0.724. The average Bonchev–Trinajstić information content (AvgIpc) is 2.82. The van der Waals surface area contributed by atoms with Gasteiger partial charge in [-0.05, 0) is 74.3 Å². The summed E-state index contributed by atoms with van der Waals surface area (Å²) in [5.74, 6) is 0.690. The summed E-state index contributed by atoms with van der Waals surface area (Å²) >= 11 is 0. The van der Waals surface area contributed by atoms with E-state index in [4.69, 9.17) is 5.73 Å². The van der Waals surface area contributed by atoms with Gasteiger partial charge in [-0.15, -0.1) is 0 Å². The molecule has 0 spiro atoms. The van der Waals surface area contributed by atoms with Crippen molar-refractivity contribution >= 4 is 0 Å². The van der Waals surface area contributed by atoms with Crippen molar-refractivity contribution in [3.8, 4) is 0 Å². The molecule has 1 atom stereocenters. The van der Waals surface area contributed by atoms with Gasteiger partial charge in [-0.2, -0.15) is 0 Å². The standard InChI is InChI=1S/C16H26N2/c1-13(7-9-17)12-18-10-8-14-5-6-15-3-2-4-16(15)11-14/h5-6,11,13,18H,2-4,7-10,12,17H2,1H3. The maximum Gasteiger partial charge on any atom is -0.000824 e. The highest BCUT2D eigenvalue weighted by Gasteiger charge is 2.10. The van der Waals surface area contributed by atoms with Crippen molar-refractivity contribution in [3.05, 3.63) is 34.9 Å². The van der Waals surface area contributed by atoms with E-state index in [1.54, 1.807) is 11.1 Å². The van der Waals surface area contributed by atoms with Crippen molar-refractivity contribution in [2.24, 2.45) is 11.7 Å². The lowest BCUT2D eigenvalue weighted by atomic mass is 10.0. The molecule has 0 saturated heterocycles. The Kier molecular flexibility index (Phi) is 5.21. The fourth-order valence-electron chi connectivity index (χ4n) is 2.75. The molecule has 1 aliphatic carbocycles. The van der Waals surface area contributed by atoms with E-state index >= 15 is 0 Å². The minimum atomic E-state index is 0.690. The van der Waals surface area contributed by atoms with Crippen LogP contribution in [0.1, 0.15) is 36.5 Å². The van der Waals surface area contributed by atoms with Gasteiger partial charge in [0.15, 0.2) is 0 Å². The molecule has 1 aromatic carbocycles. The minimum Gasteiger partial charge on any atom is -0.330 e. The Hall–Kier alpha value is -0.860. The van der Waals surface area contributed by atoms with Gasteiger partial charge in [0.05, 0.1) is 0 Å². The number of aryl methyl sites for hydroxylation is 2. The highest BCUT2D eigenvalue weighted by atomic mass is 14.8. The van der Waals surface area contributed by atoms with Crippen LogP contribution in [-0.4, -0.2) is 19.6 Å². The topological polar surface area (TPSA) is 38.0 Å². The summed E-state index contributed by atoms with van der Waals surface area (Å²) in [6, 6.07) is 7.04. The largest absolute Gasteiger partial charge is 0.330 e. The summed E-state index contributed by atoms with van der Waals surface area (Å²) in [4.78, 5) is 0. The Morgan fingerprint density at radius 1 is 1.28 bits per heavy atom. The number of hydrogen-bond acceptors (Lipinski definition) is 2. The van der Waals surface area contributed by atoms with E-state index in [1.165, 1.54) is 24.8 Å². The second kappa shape index (κ2) is 6.91. The van der Waals surface area contributed by atoms with E-state index in [2.05, 4.69) is 30.4 Å². The molecule has 0 saturated carbocycles. The summed E-state index contributed by atoms with van der Waals surface area (Å²) in [5.41, 5.74) is 10.2. The van der Waals surface area contributed by atoms with Crippen molar-refractivity contribution in [1.82, 2.24) is 5.32 Å². The lowest BCUT2D eigenvalue weighted by Crippen LogP contribution is -2.24. The third-order valence-electron chi connectivity index (χ3n) is 3.91. The summed E-state index contributed by atoms with van der Waals surface area (Å²) in [6.07, 6.45) is 6.16. The lowest BCUT2D eigenvalue weighted by Gasteiger charge is -2.11. The Morgan fingerprint density at radius 3 is 2.94 bits per heavy atom. The second-order valence-corrected chi connectivity index (χ2v) is 5.59. The highest BCUT2D eigenvalue weighted by molar-refractivity contribution is 5.35. The maximum atomic E-state index is 5.55. The first kappa shape index (κ1) is 13.6. The zero-order valence-corrected chi connectivity index (χ0v) is 11.5. The van der Waals surface area contributed by atoms with Gasteiger partial charge in [0, 0.05) is 0 Å². The summed E-state index contributed by atoms with van der Waals surface area (Å²) in [7, 11) is 0. The number of fused-ring (bicyclic) bond motifs is 1. The molecule has 100 valence electrons. The van der Waals surface area contributed by atoms with Crippen LogP contribution >= 0.6 is 0 Å². The van der Waals surface area contributed by atoms with Crippen LogP contribution in [0.3, 0.4) is 0 Å². The number of nitrogens with two attached hydrogens (primary N) is 1. The molecule has 0 radical (unpaired) electrons. The Morgan fingerprint density at radius 2 is 2.11 bits per heavy atom. The predicted molar refractivity (Wildman–Crippen MR) is 77.9 cm³/mol. The monoisotopic (exact) mass is 246 g/mol. The van der Waals surface area contributed by atoms with Crippen molar-refractivity contribution in [2.45, 2.75) is 39.0 Å². The number of nitrogens with one attached hydrogen (secondary N) is 1. The molecular weight excluding hydrogens is 220 g/mol. The lowest BCUT2D eigenvalue weighted by molar-refractivity contribution is 0.489. The predicted octanol–water partition coefficient (Wildman–Crippen LogP) is 2.29. The fraction of sp³-hybridized carbons (Fsp3) is 0.625. The van der Waals surface area contributed by atoms with Crippen LogP contribution in [0.4, 0.5) is 0 Å². The number of rotatable bonds is 7. The molecule has 2 nitrogen and oxygen atoms in total. The smallest absolute Gasteiger partial charge is 0.000824 e. The van der Waals surface area contributed by atoms with Crippen LogP contribution in [0.5, 0.6) is 0 Å². The Balaban J connectivity index is 1.70. The average molecular weight is 246 g/mol. The molecule has 0 amide bonds. The first-order chi connectivity index (χ1) is 8.79. The molecule has 2 heteroatoms. The van der Waals surface area contributed by atoms with Gasteiger partial charge in [-0.1, -0.05) is 25.1 Å². The second-order valence-electron chi connectivity index (χ2n) is 5.59. The molecule has 1 aliphatic rings. The molecule has 0 fully saturated rings. The van der Waals surface area contributed by atoms with Crippen LogP contribution in [-0.2, 0) is 19.3 Å². The molecule has 1 aromatic rings. The van der Waals surface area contributed by atoms with Gasteiger partial charge in [0.1, 0.15) is 0 Å². The van der Waals surface area contributed by atoms with Gasteiger partial charge in [-0.25, -0.2) is 0 Å². The molecule has 18 heavy (non-hydrogen) atoms. The molecule has 0 aromatic heterocycles. The first-order valence-corrected chi connectivity index (χ1v) is 7.31. The van der Waals surface area contributed by atoms with Crippen LogP contribution < -0.4 is 11.1 Å². The minimum absolute atomic E-state index is 0.690. The van der Waals surface area contributed by atoms with Crippen LogP contribution in [0, 0.1) is 5.92 Å². The molecule has 0 bridgehead atoms. The molecule has 0 heterocycles. The Bertz CT molecular complexity index is 373. The maximum absolute atomic E-state index is 5.55. The number of hydrogen-bond donors (Lipinski definition) is 2. The number of benzene rings is 1. The van der Waals surface area contributed by atoms with Crippen LogP contribution in [0.25, 0.3) is 0 Å². The molecule has 2 rings (SSSR count). The van der Waals surface area contributed by atoms with Crippen molar-refractivity contribution < 1.29 is 0 Å². The van der Waals surface area contributed by atoms with E-state index < -0.39 is 0 Å². The van der Waals surface area contributed by atoms with Crippen molar-refractivity contribution in [2.75, 3.05) is 19.6 Å². The van der Waals surface area contributed by atoms with Gasteiger partial charge in [-0.3, -0.25) is 0 Å². The van der Waals surface area contributed by atoms with Crippen molar-refractivity contribution in [1.29, 1.82) is 0 Å². The van der Waals surface area contributed by atoms with Gasteiger partial charge >= 0.3 is 0 Å². The summed E-state index contributed by atoms with van der Waals surface area (Å²) in [6.45, 7) is 5.22.